The summed E-state index contributed by atoms with van der Waals surface area (Å²) >= 11 is 0. The molecule has 0 saturated heterocycles. The Kier molecular flexibility index (Phi) is 10.4. The molecule has 3 unspecified atom stereocenters. The molecule has 0 bridgehead atoms. The van der Waals surface area contributed by atoms with Crippen LogP contribution in [0.2, 0.25) is 0 Å². The molecule has 1 aromatic carbocycles. The summed E-state index contributed by atoms with van der Waals surface area (Å²) in [6.45, 7) is 13.0. The Morgan fingerprint density at radius 2 is 1.69 bits per heavy atom. The highest BCUT2D eigenvalue weighted by molar-refractivity contribution is 5.93. The molecular weight excluding hydrogens is 454 g/mol. The predicted octanol–water partition coefficient (Wildman–Crippen LogP) is 5.15. The topological polar surface area (TPSA) is 87.7 Å². The van der Waals surface area contributed by atoms with Crippen LogP contribution < -0.4 is 10.6 Å². The van der Waals surface area contributed by atoms with E-state index in [1.54, 1.807) is 20.8 Å². The van der Waals surface area contributed by atoms with E-state index >= 15 is 0 Å². The Labute approximate surface area is 216 Å². The van der Waals surface area contributed by atoms with Gasteiger partial charge in [-0.15, -0.1) is 0 Å². The lowest BCUT2D eigenvalue weighted by Crippen LogP contribution is -2.54. The molecule has 1 fully saturated rings. The van der Waals surface area contributed by atoms with Crippen molar-refractivity contribution in [2.45, 2.75) is 111 Å². The van der Waals surface area contributed by atoms with Crippen molar-refractivity contribution < 1.29 is 19.1 Å². The Hall–Kier alpha value is -3.01. The fourth-order valence-corrected chi connectivity index (χ4v) is 4.65. The van der Waals surface area contributed by atoms with Crippen LogP contribution in [0.3, 0.4) is 0 Å². The second-order valence-electron chi connectivity index (χ2n) is 11.0. The number of nitrogens with one attached hydrogen (secondary N) is 2. The van der Waals surface area contributed by atoms with Crippen molar-refractivity contribution in [3.8, 4) is 12.5 Å². The molecule has 1 aromatic rings. The number of amides is 3. The average Bonchev–Trinajstić information content (AvgIpc) is 2.78. The third-order valence-corrected chi connectivity index (χ3v) is 6.55. The maximum absolute atomic E-state index is 13.9. The van der Waals surface area contributed by atoms with Gasteiger partial charge in [0.05, 0.1) is 0 Å². The number of terminal acetylenes is 1. The smallest absolute Gasteiger partial charge is 0.408 e. The number of carbonyl (C=O) groups is 3. The van der Waals surface area contributed by atoms with Crippen LogP contribution in [0.15, 0.2) is 18.2 Å². The molecule has 0 aromatic heterocycles. The number of benzene rings is 1. The number of nitrogens with zero attached hydrogens (tertiary/aromatic N) is 1. The Balaban J connectivity index is 2.45. The Bertz CT molecular complexity index is 949. The summed E-state index contributed by atoms with van der Waals surface area (Å²) in [4.78, 5) is 41.3. The van der Waals surface area contributed by atoms with Crippen molar-refractivity contribution in [2.75, 3.05) is 0 Å². The van der Waals surface area contributed by atoms with Crippen molar-refractivity contribution in [3.63, 3.8) is 0 Å². The zero-order chi connectivity index (χ0) is 27.0. The van der Waals surface area contributed by atoms with Gasteiger partial charge in [-0.3, -0.25) is 14.5 Å². The van der Waals surface area contributed by atoms with Crippen molar-refractivity contribution in [2.24, 2.45) is 5.92 Å². The summed E-state index contributed by atoms with van der Waals surface area (Å²) in [6, 6.07) is 6.33. The maximum atomic E-state index is 13.9. The predicted molar refractivity (Wildman–Crippen MR) is 142 cm³/mol. The van der Waals surface area contributed by atoms with E-state index in [0.717, 1.165) is 48.1 Å². The lowest BCUT2D eigenvalue weighted by atomic mass is 9.93. The SMILES string of the molecule is C#CN(C(=O)C(NC(=O)OC(C)(C)C)C(C)CC)C(C(=O)NC1CCCCC1)c1cc(C)cc(C)c1. The number of hydrogen-bond donors (Lipinski definition) is 2. The van der Waals surface area contributed by atoms with E-state index in [2.05, 4.69) is 16.7 Å². The number of rotatable bonds is 8. The van der Waals surface area contributed by atoms with E-state index in [4.69, 9.17) is 11.2 Å². The van der Waals surface area contributed by atoms with Gasteiger partial charge in [0.15, 0.2) is 0 Å². The third-order valence-electron chi connectivity index (χ3n) is 6.55. The second kappa shape index (κ2) is 12.8. The van der Waals surface area contributed by atoms with Gasteiger partial charge in [0.2, 0.25) is 5.91 Å². The molecular formula is C29H43N3O4. The third kappa shape index (κ3) is 8.29. The summed E-state index contributed by atoms with van der Waals surface area (Å²) in [7, 11) is 0. The van der Waals surface area contributed by atoms with Gasteiger partial charge in [-0.2, -0.15) is 0 Å². The average molecular weight is 498 g/mol. The second-order valence-corrected chi connectivity index (χ2v) is 11.0. The molecule has 0 spiro atoms. The summed E-state index contributed by atoms with van der Waals surface area (Å²) in [5.74, 6) is -1.05. The molecule has 0 heterocycles. The number of alkyl carbamates (subject to hydrolysis) is 1. The number of hydrogen-bond acceptors (Lipinski definition) is 4. The number of ether oxygens (including phenoxy) is 1. The van der Waals surface area contributed by atoms with Crippen molar-refractivity contribution in [1.29, 1.82) is 0 Å². The quantitative estimate of drug-likeness (QED) is 0.384. The zero-order valence-electron chi connectivity index (χ0n) is 22.9. The van der Waals surface area contributed by atoms with Gasteiger partial charge in [-0.1, -0.05) is 75.3 Å². The minimum Gasteiger partial charge on any atom is -0.444 e. The van der Waals surface area contributed by atoms with Crippen LogP contribution in [-0.2, 0) is 14.3 Å². The first-order valence-corrected chi connectivity index (χ1v) is 13.0. The molecule has 7 heteroatoms. The highest BCUT2D eigenvalue weighted by Crippen LogP contribution is 2.27. The summed E-state index contributed by atoms with van der Waals surface area (Å²) < 4.78 is 5.40. The van der Waals surface area contributed by atoms with E-state index < -0.39 is 29.7 Å². The number of aryl methyl sites for hydroxylation is 2. The van der Waals surface area contributed by atoms with E-state index in [9.17, 15) is 14.4 Å². The molecule has 1 aliphatic rings. The molecule has 36 heavy (non-hydrogen) atoms. The number of carbonyl (C=O) groups excluding carboxylic acids is 3. The minimum atomic E-state index is -1.02. The molecule has 1 aliphatic carbocycles. The van der Waals surface area contributed by atoms with Gasteiger partial charge < -0.3 is 15.4 Å². The van der Waals surface area contributed by atoms with Crippen LogP contribution in [0.5, 0.6) is 0 Å². The molecule has 3 amide bonds. The molecule has 0 aliphatic heterocycles. The first-order chi connectivity index (χ1) is 16.9. The van der Waals surface area contributed by atoms with Crippen LogP contribution >= 0.6 is 0 Å². The summed E-state index contributed by atoms with van der Waals surface area (Å²) in [5.41, 5.74) is 1.86. The van der Waals surface area contributed by atoms with Gasteiger partial charge in [-0.05, 0) is 58.9 Å². The fraction of sp³-hybridized carbons (Fsp3) is 0.621. The first-order valence-electron chi connectivity index (χ1n) is 13.0. The van der Waals surface area contributed by atoms with Crippen LogP contribution in [0, 0.1) is 32.2 Å². The molecule has 2 rings (SSSR count). The van der Waals surface area contributed by atoms with Crippen LogP contribution in [0.4, 0.5) is 4.79 Å². The molecule has 0 radical (unpaired) electrons. The van der Waals surface area contributed by atoms with Crippen molar-refractivity contribution >= 4 is 17.9 Å². The molecule has 2 N–H and O–H groups in total. The van der Waals surface area contributed by atoms with Crippen LogP contribution in [0.25, 0.3) is 0 Å². The maximum Gasteiger partial charge on any atom is 0.408 e. The normalized spacial score (nSPS) is 16.7. The van der Waals surface area contributed by atoms with E-state index in [1.165, 1.54) is 0 Å². The van der Waals surface area contributed by atoms with E-state index in [0.29, 0.717) is 12.0 Å². The van der Waals surface area contributed by atoms with E-state index in [1.807, 2.05) is 45.9 Å². The van der Waals surface area contributed by atoms with Gasteiger partial charge in [0.25, 0.3) is 5.91 Å². The minimum absolute atomic E-state index is 0.0552. The lowest BCUT2D eigenvalue weighted by molar-refractivity contribution is -0.139. The molecule has 198 valence electrons. The highest BCUT2D eigenvalue weighted by Gasteiger charge is 2.38. The molecule has 1 saturated carbocycles. The van der Waals surface area contributed by atoms with Gasteiger partial charge >= 0.3 is 6.09 Å². The monoisotopic (exact) mass is 497 g/mol. The van der Waals surface area contributed by atoms with E-state index in [-0.39, 0.29) is 17.9 Å². The summed E-state index contributed by atoms with van der Waals surface area (Å²) in [6.07, 6.45) is 10.9. The zero-order valence-corrected chi connectivity index (χ0v) is 22.9. The highest BCUT2D eigenvalue weighted by atomic mass is 16.6. The first kappa shape index (κ1) is 29.2. The standard InChI is InChI=1S/C29H43N3O4/c1-9-21(5)24(31-28(35)36-29(6,7)8)27(34)32(10-2)25(22-17-19(3)16-20(4)18-22)26(33)30-23-14-12-11-13-15-23/h2,16-18,21,23-25H,9,11-15H2,1,3-8H3,(H,30,33)(H,31,35). The molecule has 7 nitrogen and oxygen atoms in total. The largest absolute Gasteiger partial charge is 0.444 e. The lowest BCUT2D eigenvalue weighted by Gasteiger charge is -2.33. The Morgan fingerprint density at radius 1 is 1.11 bits per heavy atom. The van der Waals surface area contributed by atoms with Crippen LogP contribution in [0.1, 0.15) is 95.9 Å². The summed E-state index contributed by atoms with van der Waals surface area (Å²) in [5, 5.41) is 5.85. The van der Waals surface area contributed by atoms with Crippen molar-refractivity contribution in [3.05, 3.63) is 34.9 Å². The van der Waals surface area contributed by atoms with Crippen LogP contribution in [-0.4, -0.2) is 40.5 Å². The van der Waals surface area contributed by atoms with Gasteiger partial charge in [0.1, 0.15) is 17.7 Å². The fourth-order valence-electron chi connectivity index (χ4n) is 4.65. The molecule has 3 atom stereocenters. The van der Waals surface area contributed by atoms with Gasteiger partial charge in [-0.25, -0.2) is 4.79 Å². The van der Waals surface area contributed by atoms with Crippen molar-refractivity contribution in [1.82, 2.24) is 15.5 Å². The Morgan fingerprint density at radius 3 is 2.19 bits per heavy atom. The van der Waals surface area contributed by atoms with Gasteiger partial charge in [0, 0.05) is 12.1 Å².